The Kier molecular flexibility index (Phi) is 5.48. The minimum Gasteiger partial charge on any atom is -0.451 e. The maximum Gasteiger partial charge on any atom is 0.338 e. The predicted molar refractivity (Wildman–Crippen MR) is 109 cm³/mol. The molecule has 1 aliphatic carbocycles. The number of imide groups is 1. The molecule has 0 saturated heterocycles. The van der Waals surface area contributed by atoms with Gasteiger partial charge in [-0.15, -0.1) is 0 Å². The second kappa shape index (κ2) is 8.22. The molecule has 0 radical (unpaired) electrons. The lowest BCUT2D eigenvalue weighted by molar-refractivity contribution is 0.0318. The van der Waals surface area contributed by atoms with Gasteiger partial charge in [-0.05, 0) is 38.0 Å². The molecular formula is C24H23NO5. The Morgan fingerprint density at radius 2 is 1.57 bits per heavy atom. The fraction of sp³-hybridized carbons (Fsp3) is 0.333. The van der Waals surface area contributed by atoms with E-state index < -0.39 is 12.1 Å². The van der Waals surface area contributed by atoms with Crippen LogP contribution in [0.15, 0.2) is 48.5 Å². The van der Waals surface area contributed by atoms with Gasteiger partial charge in [0.25, 0.3) is 11.8 Å². The highest BCUT2D eigenvalue weighted by Gasteiger charge is 2.40. The van der Waals surface area contributed by atoms with Gasteiger partial charge in [0, 0.05) is 11.6 Å². The van der Waals surface area contributed by atoms with Crippen LogP contribution < -0.4 is 0 Å². The van der Waals surface area contributed by atoms with Crippen molar-refractivity contribution in [3.05, 3.63) is 70.8 Å². The van der Waals surface area contributed by atoms with Crippen molar-refractivity contribution in [1.29, 1.82) is 0 Å². The first-order chi connectivity index (χ1) is 14.5. The normalized spacial score (nSPS) is 17.6. The topological polar surface area (TPSA) is 80.8 Å². The van der Waals surface area contributed by atoms with Gasteiger partial charge in [-0.3, -0.25) is 19.3 Å². The summed E-state index contributed by atoms with van der Waals surface area (Å²) in [4.78, 5) is 52.0. The molecule has 2 aromatic rings. The molecule has 0 N–H and O–H groups in total. The number of benzene rings is 2. The van der Waals surface area contributed by atoms with Crippen molar-refractivity contribution in [2.24, 2.45) is 0 Å². The molecule has 0 unspecified atom stereocenters. The van der Waals surface area contributed by atoms with Crippen LogP contribution in [0.4, 0.5) is 0 Å². The summed E-state index contributed by atoms with van der Waals surface area (Å²) in [5, 5.41) is 0. The number of nitrogens with zero attached hydrogens (tertiary/aromatic N) is 1. The lowest BCUT2D eigenvalue weighted by Gasteiger charge is -2.29. The number of fused-ring (bicyclic) bond motifs is 1. The number of Topliss-reactive ketones (excluding diaryl/α,β-unsaturated/α-hetero) is 1. The summed E-state index contributed by atoms with van der Waals surface area (Å²) in [5.74, 6) is -1.66. The van der Waals surface area contributed by atoms with Gasteiger partial charge in [0.15, 0.2) is 6.10 Å². The molecule has 1 fully saturated rings. The molecule has 1 heterocycles. The first kappa shape index (κ1) is 20.0. The second-order valence-electron chi connectivity index (χ2n) is 7.81. The molecule has 6 nitrogen and oxygen atoms in total. The Hall–Kier alpha value is -3.28. The number of hydrogen-bond acceptors (Lipinski definition) is 5. The maximum absolute atomic E-state index is 12.9. The fourth-order valence-corrected chi connectivity index (χ4v) is 4.18. The predicted octanol–water partition coefficient (Wildman–Crippen LogP) is 4.04. The third kappa shape index (κ3) is 3.65. The number of esters is 1. The number of carbonyl (C=O) groups is 4. The van der Waals surface area contributed by atoms with E-state index in [0.717, 1.165) is 32.1 Å². The van der Waals surface area contributed by atoms with Crippen molar-refractivity contribution in [2.45, 2.75) is 51.2 Å². The van der Waals surface area contributed by atoms with Crippen LogP contribution in [-0.4, -0.2) is 40.6 Å². The zero-order valence-electron chi connectivity index (χ0n) is 16.8. The van der Waals surface area contributed by atoms with Crippen molar-refractivity contribution in [1.82, 2.24) is 4.90 Å². The van der Waals surface area contributed by atoms with Crippen LogP contribution in [0, 0.1) is 0 Å². The molecule has 1 saturated carbocycles. The third-order valence-electron chi connectivity index (χ3n) is 5.80. The molecular weight excluding hydrogens is 382 g/mol. The fourth-order valence-electron chi connectivity index (χ4n) is 4.18. The van der Waals surface area contributed by atoms with Gasteiger partial charge in [0.05, 0.1) is 16.7 Å². The number of amides is 2. The SMILES string of the molecule is C[C@H](OC(=O)c1ccc2c(c1)C(=O)N(C1CCCCC1)C2=O)C(=O)c1ccccc1. The first-order valence-electron chi connectivity index (χ1n) is 10.3. The Labute approximate surface area is 174 Å². The van der Waals surface area contributed by atoms with Gasteiger partial charge in [-0.25, -0.2) is 4.79 Å². The van der Waals surface area contributed by atoms with E-state index in [9.17, 15) is 19.2 Å². The summed E-state index contributed by atoms with van der Waals surface area (Å²) in [6, 6.07) is 12.9. The van der Waals surface area contributed by atoms with Crippen LogP contribution in [0.3, 0.4) is 0 Å². The van der Waals surface area contributed by atoms with E-state index >= 15 is 0 Å². The zero-order valence-corrected chi connectivity index (χ0v) is 16.8. The molecule has 2 amide bonds. The van der Waals surface area contributed by atoms with E-state index in [1.165, 1.54) is 30.0 Å². The molecule has 1 atom stereocenters. The van der Waals surface area contributed by atoms with E-state index in [1.54, 1.807) is 30.3 Å². The maximum atomic E-state index is 12.9. The Morgan fingerprint density at radius 1 is 0.900 bits per heavy atom. The lowest BCUT2D eigenvalue weighted by Crippen LogP contribution is -2.40. The summed E-state index contributed by atoms with van der Waals surface area (Å²) in [6.07, 6.45) is 3.80. The number of hydrogen-bond donors (Lipinski definition) is 0. The van der Waals surface area contributed by atoms with Gasteiger partial charge < -0.3 is 4.74 Å². The Morgan fingerprint density at radius 3 is 2.27 bits per heavy atom. The molecule has 30 heavy (non-hydrogen) atoms. The van der Waals surface area contributed by atoms with Gasteiger partial charge in [-0.1, -0.05) is 49.6 Å². The largest absolute Gasteiger partial charge is 0.451 e. The monoisotopic (exact) mass is 405 g/mol. The summed E-state index contributed by atoms with van der Waals surface area (Å²) in [7, 11) is 0. The standard InChI is InChI=1S/C24H23NO5/c1-15(21(26)16-8-4-2-5-9-16)30-24(29)17-12-13-19-20(14-17)23(28)25(22(19)27)18-10-6-3-7-11-18/h2,4-5,8-9,12-15,18H,3,6-7,10-11H2,1H3/t15-/m0/s1. The summed E-state index contributed by atoms with van der Waals surface area (Å²) >= 11 is 0. The van der Waals surface area contributed by atoms with Crippen molar-refractivity contribution in [3.8, 4) is 0 Å². The van der Waals surface area contributed by atoms with E-state index in [0.29, 0.717) is 11.1 Å². The highest BCUT2D eigenvalue weighted by molar-refractivity contribution is 6.22. The van der Waals surface area contributed by atoms with Crippen molar-refractivity contribution >= 4 is 23.6 Å². The minimum atomic E-state index is -0.968. The number of carbonyl (C=O) groups excluding carboxylic acids is 4. The average molecular weight is 405 g/mol. The summed E-state index contributed by atoms with van der Waals surface area (Å²) in [6.45, 7) is 1.51. The third-order valence-corrected chi connectivity index (χ3v) is 5.80. The lowest BCUT2D eigenvalue weighted by atomic mass is 9.94. The van der Waals surface area contributed by atoms with E-state index in [-0.39, 0.29) is 34.8 Å². The van der Waals surface area contributed by atoms with Crippen LogP contribution in [0.5, 0.6) is 0 Å². The van der Waals surface area contributed by atoms with Gasteiger partial charge in [0.2, 0.25) is 5.78 Å². The van der Waals surface area contributed by atoms with Gasteiger partial charge in [0.1, 0.15) is 0 Å². The van der Waals surface area contributed by atoms with Crippen LogP contribution in [0.25, 0.3) is 0 Å². The highest BCUT2D eigenvalue weighted by atomic mass is 16.5. The van der Waals surface area contributed by atoms with Crippen molar-refractivity contribution < 1.29 is 23.9 Å². The molecule has 0 bridgehead atoms. The molecule has 154 valence electrons. The Balaban J connectivity index is 1.50. The van der Waals surface area contributed by atoms with E-state index in [4.69, 9.17) is 4.74 Å². The molecule has 4 rings (SSSR count). The van der Waals surface area contributed by atoms with E-state index in [2.05, 4.69) is 0 Å². The smallest absolute Gasteiger partial charge is 0.338 e. The molecule has 2 aliphatic rings. The number of rotatable bonds is 5. The van der Waals surface area contributed by atoms with Crippen LogP contribution in [0.2, 0.25) is 0 Å². The van der Waals surface area contributed by atoms with Crippen molar-refractivity contribution in [3.63, 3.8) is 0 Å². The average Bonchev–Trinajstić information content (AvgIpc) is 3.03. The van der Waals surface area contributed by atoms with Gasteiger partial charge >= 0.3 is 5.97 Å². The molecule has 6 heteroatoms. The van der Waals surface area contributed by atoms with Crippen LogP contribution in [0.1, 0.15) is 80.5 Å². The molecule has 1 aliphatic heterocycles. The molecule has 0 aromatic heterocycles. The molecule has 0 spiro atoms. The number of ketones is 1. The molecule has 2 aromatic carbocycles. The Bertz CT molecular complexity index is 1010. The van der Waals surface area contributed by atoms with E-state index in [1.807, 2.05) is 0 Å². The van der Waals surface area contributed by atoms with Gasteiger partial charge in [-0.2, -0.15) is 0 Å². The first-order valence-corrected chi connectivity index (χ1v) is 10.3. The highest BCUT2D eigenvalue weighted by Crippen LogP contribution is 2.31. The van der Waals surface area contributed by atoms with Crippen molar-refractivity contribution in [2.75, 3.05) is 0 Å². The van der Waals surface area contributed by atoms with Crippen LogP contribution >= 0.6 is 0 Å². The quantitative estimate of drug-likeness (QED) is 0.426. The van der Waals surface area contributed by atoms with Crippen LogP contribution in [-0.2, 0) is 4.74 Å². The second-order valence-corrected chi connectivity index (χ2v) is 7.81. The summed E-state index contributed by atoms with van der Waals surface area (Å²) < 4.78 is 5.32. The minimum absolute atomic E-state index is 0.0786. The number of ether oxygens (including phenoxy) is 1. The summed E-state index contributed by atoms with van der Waals surface area (Å²) in [5.41, 5.74) is 1.14. The zero-order chi connectivity index (χ0) is 21.3.